The summed E-state index contributed by atoms with van der Waals surface area (Å²) in [4.78, 5) is 29.2. The number of nitrogens with zero attached hydrogens (tertiary/aromatic N) is 2. The minimum Gasteiger partial charge on any atom is -0.465 e. The van der Waals surface area contributed by atoms with Gasteiger partial charge in [-0.05, 0) is 39.8 Å². The Morgan fingerprint density at radius 1 is 1.19 bits per heavy atom. The standard InChI is InChI=1S/C15H22N2O4/c1-5-20-14(18)10-17(11(3)4)13-8-7-12(9-16-13)15(19)21-6-2/h7-9,11H,5-6,10H2,1-4H3. The van der Waals surface area contributed by atoms with Gasteiger partial charge in [-0.3, -0.25) is 4.79 Å². The van der Waals surface area contributed by atoms with E-state index < -0.39 is 5.97 Å². The molecule has 0 aliphatic heterocycles. The molecule has 0 aromatic carbocycles. The molecule has 0 saturated carbocycles. The molecular weight excluding hydrogens is 272 g/mol. The van der Waals surface area contributed by atoms with Crippen LogP contribution in [0.25, 0.3) is 0 Å². The Bertz CT molecular complexity index is 471. The number of ether oxygens (including phenoxy) is 2. The van der Waals surface area contributed by atoms with Crippen molar-refractivity contribution in [1.29, 1.82) is 0 Å². The van der Waals surface area contributed by atoms with Crippen molar-refractivity contribution in [1.82, 2.24) is 4.98 Å². The largest absolute Gasteiger partial charge is 0.465 e. The molecular formula is C15H22N2O4. The van der Waals surface area contributed by atoms with E-state index in [1.54, 1.807) is 26.0 Å². The number of hydrogen-bond donors (Lipinski definition) is 0. The van der Waals surface area contributed by atoms with Crippen LogP contribution in [0.1, 0.15) is 38.1 Å². The SMILES string of the molecule is CCOC(=O)CN(c1ccc(C(=O)OCC)cn1)C(C)C. The molecule has 1 heterocycles. The molecule has 21 heavy (non-hydrogen) atoms. The van der Waals surface area contributed by atoms with E-state index in [1.807, 2.05) is 18.7 Å². The van der Waals surface area contributed by atoms with Crippen LogP contribution in [0.5, 0.6) is 0 Å². The van der Waals surface area contributed by atoms with Crippen LogP contribution in [-0.2, 0) is 14.3 Å². The van der Waals surface area contributed by atoms with Gasteiger partial charge in [0, 0.05) is 12.2 Å². The molecule has 0 unspecified atom stereocenters. The maximum absolute atomic E-state index is 11.6. The van der Waals surface area contributed by atoms with Gasteiger partial charge in [-0.1, -0.05) is 0 Å². The summed E-state index contributed by atoms with van der Waals surface area (Å²) >= 11 is 0. The van der Waals surface area contributed by atoms with E-state index in [1.165, 1.54) is 6.20 Å². The predicted molar refractivity (Wildman–Crippen MR) is 79.3 cm³/mol. The van der Waals surface area contributed by atoms with Crippen LogP contribution < -0.4 is 4.90 Å². The van der Waals surface area contributed by atoms with E-state index in [4.69, 9.17) is 9.47 Å². The van der Waals surface area contributed by atoms with Crippen molar-refractivity contribution in [3.05, 3.63) is 23.9 Å². The molecule has 0 aliphatic carbocycles. The first-order chi connectivity index (χ1) is 9.99. The summed E-state index contributed by atoms with van der Waals surface area (Å²) < 4.78 is 9.86. The van der Waals surface area contributed by atoms with E-state index in [9.17, 15) is 9.59 Å². The number of pyridine rings is 1. The van der Waals surface area contributed by atoms with Crippen LogP contribution in [0.2, 0.25) is 0 Å². The molecule has 1 rings (SSSR count). The Morgan fingerprint density at radius 3 is 2.33 bits per heavy atom. The van der Waals surface area contributed by atoms with E-state index >= 15 is 0 Å². The topological polar surface area (TPSA) is 68.7 Å². The molecule has 0 bridgehead atoms. The van der Waals surface area contributed by atoms with Gasteiger partial charge in [-0.15, -0.1) is 0 Å². The zero-order valence-electron chi connectivity index (χ0n) is 13.0. The third-order valence-corrected chi connectivity index (χ3v) is 2.78. The summed E-state index contributed by atoms with van der Waals surface area (Å²) in [5.41, 5.74) is 0.389. The molecule has 0 aliphatic rings. The number of carbonyl (C=O) groups excluding carboxylic acids is 2. The normalized spacial score (nSPS) is 10.3. The molecule has 6 heteroatoms. The molecule has 0 fully saturated rings. The highest BCUT2D eigenvalue weighted by Gasteiger charge is 2.17. The van der Waals surface area contributed by atoms with E-state index in [-0.39, 0.29) is 18.6 Å². The number of anilines is 1. The highest BCUT2D eigenvalue weighted by molar-refractivity contribution is 5.89. The summed E-state index contributed by atoms with van der Waals surface area (Å²) in [6.07, 6.45) is 1.45. The quantitative estimate of drug-likeness (QED) is 0.717. The van der Waals surface area contributed by atoms with Crippen molar-refractivity contribution in [3.8, 4) is 0 Å². The zero-order chi connectivity index (χ0) is 15.8. The Hall–Kier alpha value is -2.11. The second kappa shape index (κ2) is 8.24. The maximum atomic E-state index is 11.6. The Morgan fingerprint density at radius 2 is 1.86 bits per heavy atom. The predicted octanol–water partition coefficient (Wildman–Crippen LogP) is 2.04. The molecule has 0 amide bonds. The fraction of sp³-hybridized carbons (Fsp3) is 0.533. The fourth-order valence-electron chi connectivity index (χ4n) is 1.76. The lowest BCUT2D eigenvalue weighted by atomic mass is 10.2. The van der Waals surface area contributed by atoms with Gasteiger partial charge >= 0.3 is 11.9 Å². The van der Waals surface area contributed by atoms with Crippen molar-refractivity contribution in [3.63, 3.8) is 0 Å². The van der Waals surface area contributed by atoms with Gasteiger partial charge in [0.2, 0.25) is 0 Å². The zero-order valence-corrected chi connectivity index (χ0v) is 13.0. The molecule has 6 nitrogen and oxygen atoms in total. The van der Waals surface area contributed by atoms with Crippen LogP contribution in [0.15, 0.2) is 18.3 Å². The van der Waals surface area contributed by atoms with E-state index in [0.717, 1.165) is 0 Å². The first-order valence-corrected chi connectivity index (χ1v) is 7.05. The minimum atomic E-state index is -0.405. The number of aromatic nitrogens is 1. The third-order valence-electron chi connectivity index (χ3n) is 2.78. The number of hydrogen-bond acceptors (Lipinski definition) is 6. The highest BCUT2D eigenvalue weighted by atomic mass is 16.5. The minimum absolute atomic E-state index is 0.0790. The molecule has 1 aromatic heterocycles. The number of esters is 2. The summed E-state index contributed by atoms with van der Waals surface area (Å²) in [6, 6.07) is 3.42. The Kier molecular flexibility index (Phi) is 6.65. The summed E-state index contributed by atoms with van der Waals surface area (Å²) in [5, 5.41) is 0. The van der Waals surface area contributed by atoms with Gasteiger partial charge in [0.05, 0.1) is 18.8 Å². The molecule has 1 aromatic rings. The van der Waals surface area contributed by atoms with Crippen LogP contribution in [0, 0.1) is 0 Å². The summed E-state index contributed by atoms with van der Waals surface area (Å²) in [6.45, 7) is 8.22. The molecule has 0 atom stereocenters. The van der Waals surface area contributed by atoms with Gasteiger partial charge in [0.1, 0.15) is 12.4 Å². The number of rotatable bonds is 7. The molecule has 0 saturated heterocycles. The fourth-order valence-corrected chi connectivity index (χ4v) is 1.76. The van der Waals surface area contributed by atoms with E-state index in [0.29, 0.717) is 24.6 Å². The van der Waals surface area contributed by atoms with Crippen molar-refractivity contribution in [2.75, 3.05) is 24.7 Å². The second-order valence-corrected chi connectivity index (χ2v) is 4.65. The lowest BCUT2D eigenvalue weighted by molar-refractivity contribution is -0.141. The third kappa shape index (κ3) is 5.06. The Labute approximate surface area is 125 Å². The average molecular weight is 294 g/mol. The second-order valence-electron chi connectivity index (χ2n) is 4.65. The lowest BCUT2D eigenvalue weighted by Crippen LogP contribution is -2.37. The summed E-state index contributed by atoms with van der Waals surface area (Å²) in [5.74, 6) is -0.0911. The highest BCUT2D eigenvalue weighted by Crippen LogP contribution is 2.15. The first kappa shape index (κ1) is 16.9. The molecule has 116 valence electrons. The van der Waals surface area contributed by atoms with Crippen molar-refractivity contribution in [2.45, 2.75) is 33.7 Å². The maximum Gasteiger partial charge on any atom is 0.339 e. The lowest BCUT2D eigenvalue weighted by Gasteiger charge is -2.26. The van der Waals surface area contributed by atoms with Gasteiger partial charge in [0.15, 0.2) is 0 Å². The molecule has 0 radical (unpaired) electrons. The molecule has 0 N–H and O–H groups in total. The summed E-state index contributed by atoms with van der Waals surface area (Å²) in [7, 11) is 0. The monoisotopic (exact) mass is 294 g/mol. The van der Waals surface area contributed by atoms with Crippen molar-refractivity contribution in [2.24, 2.45) is 0 Å². The van der Waals surface area contributed by atoms with Gasteiger partial charge in [0.25, 0.3) is 0 Å². The number of carbonyl (C=O) groups is 2. The van der Waals surface area contributed by atoms with Crippen molar-refractivity contribution >= 4 is 17.8 Å². The van der Waals surface area contributed by atoms with Crippen LogP contribution >= 0.6 is 0 Å². The van der Waals surface area contributed by atoms with E-state index in [2.05, 4.69) is 4.98 Å². The van der Waals surface area contributed by atoms with Crippen LogP contribution in [0.4, 0.5) is 5.82 Å². The Balaban J connectivity index is 2.84. The smallest absolute Gasteiger partial charge is 0.339 e. The van der Waals surface area contributed by atoms with Crippen LogP contribution in [0.3, 0.4) is 0 Å². The molecule has 0 spiro atoms. The van der Waals surface area contributed by atoms with Gasteiger partial charge in [-0.25, -0.2) is 9.78 Å². The van der Waals surface area contributed by atoms with Gasteiger partial charge < -0.3 is 14.4 Å². The van der Waals surface area contributed by atoms with Gasteiger partial charge in [-0.2, -0.15) is 0 Å². The average Bonchev–Trinajstić information content (AvgIpc) is 2.45. The van der Waals surface area contributed by atoms with Crippen LogP contribution in [-0.4, -0.2) is 42.7 Å². The van der Waals surface area contributed by atoms with Crippen molar-refractivity contribution < 1.29 is 19.1 Å². The first-order valence-electron chi connectivity index (χ1n) is 7.05.